The Hall–Kier alpha value is -1.40. The number of aromatic nitrogens is 1. The summed E-state index contributed by atoms with van der Waals surface area (Å²) in [4.78, 5) is 17.3. The Morgan fingerprint density at radius 1 is 1.41 bits per heavy atom. The molecule has 6 heteroatoms. The van der Waals surface area contributed by atoms with Crippen molar-refractivity contribution in [3.05, 3.63) is 22.2 Å². The van der Waals surface area contributed by atoms with Crippen LogP contribution in [0.4, 0.5) is 10.5 Å². The maximum Gasteiger partial charge on any atom is 0.414 e. The van der Waals surface area contributed by atoms with E-state index >= 15 is 0 Å². The lowest BCUT2D eigenvalue weighted by Gasteiger charge is -2.26. The molecule has 1 amide bonds. The van der Waals surface area contributed by atoms with Crippen molar-refractivity contribution in [3.63, 3.8) is 0 Å². The first-order valence-corrected chi connectivity index (χ1v) is 8.74. The number of thiazole rings is 1. The molecule has 2 rings (SSSR count). The number of fused-ring (bicyclic) bond motifs is 1. The normalized spacial score (nSPS) is 12.6. The second kappa shape index (κ2) is 7.24. The van der Waals surface area contributed by atoms with Gasteiger partial charge in [0.2, 0.25) is 0 Å². The third kappa shape index (κ3) is 4.08. The fraction of sp³-hybridized carbons (Fsp3) is 0.500. The Morgan fingerprint density at radius 2 is 2.14 bits per heavy atom. The van der Waals surface area contributed by atoms with Gasteiger partial charge in [-0.05, 0) is 50.2 Å². The van der Waals surface area contributed by atoms with Gasteiger partial charge in [-0.1, -0.05) is 20.3 Å². The zero-order valence-corrected chi connectivity index (χ0v) is 15.0. The Bertz CT molecular complexity index is 705. The fourth-order valence-electron chi connectivity index (χ4n) is 2.09. The number of nitrogens with one attached hydrogen (secondary N) is 1. The minimum absolute atomic E-state index is 0.134. The number of nitrogens with zero attached hydrogens (tertiary/aromatic N) is 1. The summed E-state index contributed by atoms with van der Waals surface area (Å²) >= 11 is 6.69. The van der Waals surface area contributed by atoms with Crippen molar-refractivity contribution >= 4 is 45.6 Å². The summed E-state index contributed by atoms with van der Waals surface area (Å²) in [6, 6.07) is 5.89. The average Bonchev–Trinajstić information content (AvgIpc) is 2.82. The molecule has 1 aromatic carbocycles. The molecule has 1 aromatic heterocycles. The number of anilines is 1. The predicted molar refractivity (Wildman–Crippen MR) is 95.4 cm³/mol. The highest BCUT2D eigenvalue weighted by Crippen LogP contribution is 2.27. The van der Waals surface area contributed by atoms with Gasteiger partial charge in [-0.15, -0.1) is 11.3 Å². The highest BCUT2D eigenvalue weighted by Gasteiger charge is 2.21. The van der Waals surface area contributed by atoms with Gasteiger partial charge >= 0.3 is 6.09 Å². The van der Waals surface area contributed by atoms with Crippen LogP contribution in [0.15, 0.2) is 18.2 Å². The van der Waals surface area contributed by atoms with E-state index in [1.54, 1.807) is 4.90 Å². The molecule has 120 valence electrons. The van der Waals surface area contributed by atoms with Gasteiger partial charge in [-0.25, -0.2) is 4.79 Å². The molecule has 0 aliphatic rings. The lowest BCUT2D eigenvalue weighted by Crippen LogP contribution is -2.36. The standard InChI is InChI=1S/C16H22N2O2S2/c1-5-11(4)9-18(16(19)20-10(2)3)12-6-7-13-14(8-12)22-15(21)17-13/h6-8,10-11H,5,9H2,1-4H3,(H,17,21). The Morgan fingerprint density at radius 3 is 2.77 bits per heavy atom. The molecule has 2 aromatic rings. The molecular weight excluding hydrogens is 316 g/mol. The van der Waals surface area contributed by atoms with E-state index in [4.69, 9.17) is 17.0 Å². The van der Waals surface area contributed by atoms with Crippen LogP contribution in [-0.4, -0.2) is 23.7 Å². The van der Waals surface area contributed by atoms with Crippen LogP contribution in [0.2, 0.25) is 0 Å². The summed E-state index contributed by atoms with van der Waals surface area (Å²) in [6.07, 6.45) is 0.579. The molecule has 0 bridgehead atoms. The lowest BCUT2D eigenvalue weighted by molar-refractivity contribution is 0.121. The monoisotopic (exact) mass is 338 g/mol. The first-order valence-electron chi connectivity index (χ1n) is 7.51. The molecule has 0 saturated heterocycles. The molecule has 0 aliphatic carbocycles. The van der Waals surface area contributed by atoms with Crippen LogP contribution in [0.1, 0.15) is 34.1 Å². The second-order valence-corrected chi connectivity index (χ2v) is 7.47. The Kier molecular flexibility index (Phi) is 5.58. The van der Waals surface area contributed by atoms with Gasteiger partial charge in [0.25, 0.3) is 0 Å². The fourth-order valence-corrected chi connectivity index (χ4v) is 3.24. The van der Waals surface area contributed by atoms with Crippen LogP contribution < -0.4 is 4.90 Å². The highest BCUT2D eigenvalue weighted by atomic mass is 32.1. The van der Waals surface area contributed by atoms with Crippen molar-refractivity contribution in [3.8, 4) is 0 Å². The molecule has 0 radical (unpaired) electrons. The van der Waals surface area contributed by atoms with Crippen molar-refractivity contribution in [2.75, 3.05) is 11.4 Å². The molecule has 1 atom stereocenters. The first kappa shape index (κ1) is 17.0. The highest BCUT2D eigenvalue weighted by molar-refractivity contribution is 7.73. The van der Waals surface area contributed by atoms with Gasteiger partial charge in [0.15, 0.2) is 3.95 Å². The van der Waals surface area contributed by atoms with Crippen molar-refractivity contribution in [2.45, 2.75) is 40.2 Å². The number of H-pyrrole nitrogens is 1. The zero-order valence-electron chi connectivity index (χ0n) is 13.4. The molecule has 22 heavy (non-hydrogen) atoms. The van der Waals surface area contributed by atoms with Crippen molar-refractivity contribution < 1.29 is 9.53 Å². The molecule has 1 N–H and O–H groups in total. The Balaban J connectivity index is 2.35. The van der Waals surface area contributed by atoms with E-state index in [1.165, 1.54) is 11.3 Å². The number of benzene rings is 1. The summed E-state index contributed by atoms with van der Waals surface area (Å²) in [5.41, 5.74) is 1.85. The van der Waals surface area contributed by atoms with Crippen LogP contribution in [0.3, 0.4) is 0 Å². The first-order chi connectivity index (χ1) is 10.4. The van der Waals surface area contributed by atoms with Crippen molar-refractivity contribution in [1.29, 1.82) is 0 Å². The quantitative estimate of drug-likeness (QED) is 0.747. The van der Waals surface area contributed by atoms with E-state index in [9.17, 15) is 4.79 Å². The number of ether oxygens (including phenoxy) is 1. The molecule has 4 nitrogen and oxygen atoms in total. The van der Waals surface area contributed by atoms with Gasteiger partial charge < -0.3 is 9.72 Å². The maximum absolute atomic E-state index is 12.4. The molecule has 0 fully saturated rings. The zero-order chi connectivity index (χ0) is 16.3. The van der Waals surface area contributed by atoms with E-state index in [2.05, 4.69) is 18.8 Å². The van der Waals surface area contributed by atoms with Crippen LogP contribution in [0.5, 0.6) is 0 Å². The third-order valence-corrected chi connectivity index (χ3v) is 4.66. The number of hydrogen-bond donors (Lipinski definition) is 1. The number of hydrogen-bond acceptors (Lipinski definition) is 4. The Labute approximate surface area is 140 Å². The van der Waals surface area contributed by atoms with Crippen LogP contribution in [-0.2, 0) is 4.74 Å². The molecule has 1 unspecified atom stereocenters. The summed E-state index contributed by atoms with van der Waals surface area (Å²) in [5.74, 6) is 0.403. The molecule has 0 aliphatic heterocycles. The lowest BCUT2D eigenvalue weighted by atomic mass is 10.1. The van der Waals surface area contributed by atoms with E-state index in [-0.39, 0.29) is 12.2 Å². The number of rotatable bonds is 5. The van der Waals surface area contributed by atoms with Crippen LogP contribution in [0, 0.1) is 9.87 Å². The molecule has 0 spiro atoms. The average molecular weight is 338 g/mol. The number of carbonyl (C=O) groups excluding carboxylic acids is 1. The van der Waals surface area contributed by atoms with Gasteiger partial charge in [0, 0.05) is 12.2 Å². The molecule has 0 saturated carbocycles. The predicted octanol–water partition coefficient (Wildman–Crippen LogP) is 5.36. The number of aromatic amines is 1. The van der Waals surface area contributed by atoms with Gasteiger partial charge in [0.05, 0.1) is 16.3 Å². The third-order valence-electron chi connectivity index (χ3n) is 3.46. The smallest absolute Gasteiger partial charge is 0.414 e. The molecule has 1 heterocycles. The van der Waals surface area contributed by atoms with Gasteiger partial charge in [-0.3, -0.25) is 4.90 Å². The summed E-state index contributed by atoms with van der Waals surface area (Å²) < 4.78 is 7.18. The topological polar surface area (TPSA) is 45.3 Å². The van der Waals surface area contributed by atoms with Crippen LogP contribution >= 0.6 is 23.6 Å². The van der Waals surface area contributed by atoms with E-state index in [0.29, 0.717) is 12.5 Å². The van der Waals surface area contributed by atoms with Gasteiger partial charge in [0.1, 0.15) is 0 Å². The van der Waals surface area contributed by atoms with E-state index in [1.807, 2.05) is 32.0 Å². The summed E-state index contributed by atoms with van der Waals surface area (Å²) in [7, 11) is 0. The largest absolute Gasteiger partial charge is 0.446 e. The second-order valence-electron chi connectivity index (χ2n) is 5.75. The minimum Gasteiger partial charge on any atom is -0.446 e. The maximum atomic E-state index is 12.4. The molecular formula is C16H22N2O2S2. The van der Waals surface area contributed by atoms with Crippen molar-refractivity contribution in [1.82, 2.24) is 4.98 Å². The summed E-state index contributed by atoms with van der Waals surface area (Å²) in [5, 5.41) is 0. The minimum atomic E-state index is -0.297. The van der Waals surface area contributed by atoms with Crippen LogP contribution in [0.25, 0.3) is 10.2 Å². The van der Waals surface area contributed by atoms with Gasteiger partial charge in [-0.2, -0.15) is 0 Å². The van der Waals surface area contributed by atoms with Crippen molar-refractivity contribution in [2.24, 2.45) is 5.92 Å². The summed E-state index contributed by atoms with van der Waals surface area (Å²) in [6.45, 7) is 8.62. The number of carbonyl (C=O) groups is 1. The SMILES string of the molecule is CCC(C)CN(C(=O)OC(C)C)c1ccc2[nH]c(=S)sc2c1. The van der Waals surface area contributed by atoms with E-state index in [0.717, 1.165) is 26.3 Å². The number of amides is 1. The van der Waals surface area contributed by atoms with E-state index < -0.39 is 0 Å².